The Balaban J connectivity index is 1.45. The van der Waals surface area contributed by atoms with Gasteiger partial charge >= 0.3 is 0 Å². The fourth-order valence-electron chi connectivity index (χ4n) is 3.85. The lowest BCUT2D eigenvalue weighted by Crippen LogP contribution is -2.52. The highest BCUT2D eigenvalue weighted by Gasteiger charge is 2.40. The summed E-state index contributed by atoms with van der Waals surface area (Å²) < 4.78 is 6.59. The van der Waals surface area contributed by atoms with Gasteiger partial charge in [0.1, 0.15) is 17.4 Å². The molecule has 2 aliphatic heterocycles. The van der Waals surface area contributed by atoms with Crippen LogP contribution < -0.4 is 10.1 Å². The molecule has 1 saturated heterocycles. The van der Waals surface area contributed by atoms with Crippen LogP contribution in [0, 0.1) is 0 Å². The van der Waals surface area contributed by atoms with E-state index in [-0.39, 0.29) is 24.8 Å². The predicted molar refractivity (Wildman–Crippen MR) is 105 cm³/mol. The molecule has 11 heteroatoms. The number of benzene rings is 1. The van der Waals surface area contributed by atoms with Crippen molar-refractivity contribution in [1.82, 2.24) is 35.4 Å². The highest BCUT2D eigenvalue weighted by atomic mass is 16.5. The minimum atomic E-state index is -0.675. The number of ether oxygens (including phenoxy) is 1. The molecule has 1 fully saturated rings. The summed E-state index contributed by atoms with van der Waals surface area (Å²) in [5.74, 6) is -0.611. The Morgan fingerprint density at radius 1 is 1.06 bits per heavy atom. The number of imide groups is 1. The van der Waals surface area contributed by atoms with Crippen molar-refractivity contribution in [3.8, 4) is 23.0 Å². The monoisotopic (exact) mass is 419 g/mol. The van der Waals surface area contributed by atoms with Crippen molar-refractivity contribution in [2.75, 3.05) is 7.11 Å². The van der Waals surface area contributed by atoms with Crippen molar-refractivity contribution >= 4 is 17.7 Å². The molecule has 3 amide bonds. The molecule has 11 nitrogen and oxygen atoms in total. The molecule has 1 aromatic carbocycles. The van der Waals surface area contributed by atoms with Gasteiger partial charge < -0.3 is 9.64 Å². The van der Waals surface area contributed by atoms with Gasteiger partial charge in [0.15, 0.2) is 0 Å². The summed E-state index contributed by atoms with van der Waals surface area (Å²) in [6.07, 6.45) is 2.22. The third kappa shape index (κ3) is 3.19. The van der Waals surface area contributed by atoms with E-state index in [2.05, 4.69) is 25.8 Å². The van der Waals surface area contributed by atoms with Crippen LogP contribution in [0.15, 0.2) is 36.5 Å². The van der Waals surface area contributed by atoms with Gasteiger partial charge in [-0.15, -0.1) is 15.3 Å². The molecule has 1 unspecified atom stereocenters. The van der Waals surface area contributed by atoms with Gasteiger partial charge in [-0.2, -0.15) is 0 Å². The zero-order valence-corrected chi connectivity index (χ0v) is 16.5. The summed E-state index contributed by atoms with van der Waals surface area (Å²) in [4.78, 5) is 38.2. The van der Waals surface area contributed by atoms with E-state index in [9.17, 15) is 14.4 Å². The maximum atomic E-state index is 13.0. The van der Waals surface area contributed by atoms with Gasteiger partial charge in [-0.3, -0.25) is 19.7 Å². The SMILES string of the molecule is COc1ccc(-c2cn(-c3cccc4c3CN(C3CCC(=O)NC3=O)C4=O)nn2)nn1. The summed E-state index contributed by atoms with van der Waals surface area (Å²) in [5, 5.41) is 18.7. The Hall–Kier alpha value is -4.15. The molecule has 0 bridgehead atoms. The normalized spacial score (nSPS) is 18.2. The largest absolute Gasteiger partial charge is 0.480 e. The first-order chi connectivity index (χ1) is 15.0. The molecule has 0 saturated carbocycles. The second kappa shape index (κ2) is 7.27. The average Bonchev–Trinajstić information content (AvgIpc) is 3.39. The first kappa shape index (κ1) is 18.9. The van der Waals surface area contributed by atoms with Gasteiger partial charge in [0.05, 0.1) is 19.0 Å². The molecule has 3 aromatic rings. The van der Waals surface area contributed by atoms with E-state index >= 15 is 0 Å². The molecule has 0 radical (unpaired) electrons. The van der Waals surface area contributed by atoms with Crippen LogP contribution in [0.3, 0.4) is 0 Å². The first-order valence-corrected chi connectivity index (χ1v) is 9.62. The van der Waals surface area contributed by atoms with E-state index in [1.54, 1.807) is 35.1 Å². The Bertz CT molecular complexity index is 1200. The number of carbonyl (C=O) groups excluding carboxylic acids is 3. The number of hydrogen-bond acceptors (Lipinski definition) is 8. The number of piperidine rings is 1. The van der Waals surface area contributed by atoms with E-state index in [0.29, 0.717) is 34.9 Å². The summed E-state index contributed by atoms with van der Waals surface area (Å²) in [6, 6.07) is 8.04. The van der Waals surface area contributed by atoms with Crippen molar-refractivity contribution in [2.24, 2.45) is 0 Å². The average molecular weight is 419 g/mol. The van der Waals surface area contributed by atoms with Crippen molar-refractivity contribution in [3.05, 3.63) is 47.7 Å². The second-order valence-corrected chi connectivity index (χ2v) is 7.21. The number of fused-ring (bicyclic) bond motifs is 1. The minimum Gasteiger partial charge on any atom is -0.480 e. The van der Waals surface area contributed by atoms with Crippen molar-refractivity contribution in [2.45, 2.75) is 25.4 Å². The number of rotatable bonds is 4. The zero-order chi connectivity index (χ0) is 21.5. The van der Waals surface area contributed by atoms with Crippen LogP contribution in [0.5, 0.6) is 5.88 Å². The number of nitrogens with zero attached hydrogens (tertiary/aromatic N) is 6. The van der Waals surface area contributed by atoms with Crippen LogP contribution in [0.2, 0.25) is 0 Å². The van der Waals surface area contributed by atoms with E-state index in [0.717, 1.165) is 5.56 Å². The molecular formula is C20H17N7O4. The van der Waals surface area contributed by atoms with Crippen LogP contribution in [0.1, 0.15) is 28.8 Å². The molecule has 5 rings (SSSR count). The predicted octanol–water partition coefficient (Wildman–Crippen LogP) is 0.494. The van der Waals surface area contributed by atoms with Crippen LogP contribution in [-0.2, 0) is 16.1 Å². The van der Waals surface area contributed by atoms with Crippen LogP contribution >= 0.6 is 0 Å². The summed E-state index contributed by atoms with van der Waals surface area (Å²) >= 11 is 0. The van der Waals surface area contributed by atoms with Crippen molar-refractivity contribution in [1.29, 1.82) is 0 Å². The van der Waals surface area contributed by atoms with Gasteiger partial charge in [0.25, 0.3) is 5.91 Å². The Kier molecular flexibility index (Phi) is 4.42. The molecule has 0 spiro atoms. The maximum absolute atomic E-state index is 13.0. The van der Waals surface area contributed by atoms with E-state index in [4.69, 9.17) is 4.74 Å². The van der Waals surface area contributed by atoms with Crippen LogP contribution in [0.4, 0.5) is 0 Å². The van der Waals surface area contributed by atoms with E-state index in [1.807, 2.05) is 6.07 Å². The standard InChI is InChI=1S/C20H17N7O4/c1-31-18-8-5-13(22-24-18)14-10-27(25-23-14)15-4-2-3-11-12(15)9-26(20(11)30)16-6-7-17(28)21-19(16)29/h2-5,8,10,16H,6-7,9H2,1H3,(H,21,28,29). The quantitative estimate of drug-likeness (QED) is 0.605. The first-order valence-electron chi connectivity index (χ1n) is 9.62. The van der Waals surface area contributed by atoms with E-state index in [1.165, 1.54) is 12.0 Å². The molecule has 2 aliphatic rings. The molecular weight excluding hydrogens is 402 g/mol. The zero-order valence-electron chi connectivity index (χ0n) is 16.5. The Labute approximate surface area is 176 Å². The number of carbonyl (C=O) groups is 3. The third-order valence-electron chi connectivity index (χ3n) is 5.41. The minimum absolute atomic E-state index is 0.207. The summed E-state index contributed by atoms with van der Waals surface area (Å²) in [5.41, 5.74) is 2.97. The lowest BCUT2D eigenvalue weighted by atomic mass is 10.0. The second-order valence-electron chi connectivity index (χ2n) is 7.21. The number of aromatic nitrogens is 5. The van der Waals surface area contributed by atoms with E-state index < -0.39 is 11.9 Å². The molecule has 4 heterocycles. The van der Waals surface area contributed by atoms with Gasteiger partial charge in [-0.1, -0.05) is 11.3 Å². The third-order valence-corrected chi connectivity index (χ3v) is 5.41. The number of hydrogen-bond donors (Lipinski definition) is 1. The topological polar surface area (TPSA) is 132 Å². The van der Waals surface area contributed by atoms with Gasteiger partial charge in [0, 0.05) is 30.2 Å². The van der Waals surface area contributed by atoms with Crippen molar-refractivity contribution < 1.29 is 19.1 Å². The van der Waals surface area contributed by atoms with Crippen LogP contribution in [0.25, 0.3) is 17.1 Å². The highest BCUT2D eigenvalue weighted by Crippen LogP contribution is 2.31. The fourth-order valence-corrected chi connectivity index (χ4v) is 3.85. The molecule has 0 aliphatic carbocycles. The van der Waals surface area contributed by atoms with Crippen molar-refractivity contribution in [3.63, 3.8) is 0 Å². The van der Waals surface area contributed by atoms with Gasteiger partial charge in [-0.05, 0) is 24.6 Å². The Morgan fingerprint density at radius 2 is 1.94 bits per heavy atom. The molecule has 2 aromatic heterocycles. The van der Waals surface area contributed by atoms with Crippen LogP contribution in [-0.4, -0.2) is 61.0 Å². The fraction of sp³-hybridized carbons (Fsp3) is 0.250. The highest BCUT2D eigenvalue weighted by molar-refractivity contribution is 6.05. The number of amides is 3. The van der Waals surface area contributed by atoms with Gasteiger partial charge in [0.2, 0.25) is 17.7 Å². The number of nitrogens with one attached hydrogen (secondary N) is 1. The molecule has 1 N–H and O–H groups in total. The molecule has 156 valence electrons. The lowest BCUT2D eigenvalue weighted by Gasteiger charge is -2.29. The maximum Gasteiger partial charge on any atom is 0.255 e. The summed E-state index contributed by atoms with van der Waals surface area (Å²) in [7, 11) is 1.51. The molecule has 31 heavy (non-hydrogen) atoms. The smallest absolute Gasteiger partial charge is 0.255 e. The number of methoxy groups -OCH3 is 1. The summed E-state index contributed by atoms with van der Waals surface area (Å²) in [6.45, 7) is 0.244. The Morgan fingerprint density at radius 3 is 2.68 bits per heavy atom. The molecule has 1 atom stereocenters. The van der Waals surface area contributed by atoms with Gasteiger partial charge in [-0.25, -0.2) is 4.68 Å². The lowest BCUT2D eigenvalue weighted by molar-refractivity contribution is -0.136.